The maximum Gasteiger partial charge on any atom is 0.227 e. The first kappa shape index (κ1) is 18.2. The van der Waals surface area contributed by atoms with E-state index in [2.05, 4.69) is 34.2 Å². The number of carbonyl (C=O) groups excluding carboxylic acids is 1. The molecule has 1 heterocycles. The standard InChI is InChI=1S/C21H22ClN3O/c1-15(25(2)21(26)12-17-5-9-19(22)10-6-17)18-7-3-16(4-8-18)11-20-13-23-14-24-20/h3-10,13-15H,11-12H2,1-2H3,(H,23,24). The average molecular weight is 368 g/mol. The molecule has 3 aromatic rings. The van der Waals surface area contributed by atoms with Crippen LogP contribution in [0.2, 0.25) is 5.02 Å². The molecule has 0 bridgehead atoms. The summed E-state index contributed by atoms with van der Waals surface area (Å²) in [5.74, 6) is 0.0846. The van der Waals surface area contributed by atoms with E-state index in [0.29, 0.717) is 11.4 Å². The number of amides is 1. The minimum atomic E-state index is 0.0102. The van der Waals surface area contributed by atoms with Gasteiger partial charge in [0.25, 0.3) is 0 Å². The number of carbonyl (C=O) groups is 1. The lowest BCUT2D eigenvalue weighted by molar-refractivity contribution is -0.131. The van der Waals surface area contributed by atoms with Crippen LogP contribution in [0.3, 0.4) is 0 Å². The van der Waals surface area contributed by atoms with Crippen LogP contribution in [0.5, 0.6) is 0 Å². The Morgan fingerprint density at radius 2 is 1.77 bits per heavy atom. The van der Waals surface area contributed by atoms with Crippen molar-refractivity contribution in [1.29, 1.82) is 0 Å². The molecule has 3 rings (SSSR count). The highest BCUT2D eigenvalue weighted by Crippen LogP contribution is 2.21. The first-order valence-corrected chi connectivity index (χ1v) is 8.97. The normalized spacial score (nSPS) is 12.0. The molecule has 4 nitrogen and oxygen atoms in total. The molecule has 1 N–H and O–H groups in total. The van der Waals surface area contributed by atoms with E-state index in [1.165, 1.54) is 5.56 Å². The lowest BCUT2D eigenvalue weighted by atomic mass is 10.0. The Labute approximate surface area is 158 Å². The van der Waals surface area contributed by atoms with Gasteiger partial charge in [-0.1, -0.05) is 48.0 Å². The van der Waals surface area contributed by atoms with Crippen LogP contribution >= 0.6 is 11.6 Å². The molecule has 0 aliphatic carbocycles. The van der Waals surface area contributed by atoms with Crippen molar-refractivity contribution in [1.82, 2.24) is 14.9 Å². The fourth-order valence-corrected chi connectivity index (χ4v) is 2.98. The monoisotopic (exact) mass is 367 g/mol. The van der Waals surface area contributed by atoms with E-state index in [-0.39, 0.29) is 11.9 Å². The quantitative estimate of drug-likeness (QED) is 0.701. The summed E-state index contributed by atoms with van der Waals surface area (Å²) in [5, 5.41) is 0.679. The number of nitrogens with one attached hydrogen (secondary N) is 1. The van der Waals surface area contributed by atoms with Crippen LogP contribution in [0, 0.1) is 0 Å². The van der Waals surface area contributed by atoms with Gasteiger partial charge in [-0.2, -0.15) is 0 Å². The van der Waals surface area contributed by atoms with Gasteiger partial charge < -0.3 is 9.88 Å². The van der Waals surface area contributed by atoms with Gasteiger partial charge in [0.2, 0.25) is 5.91 Å². The van der Waals surface area contributed by atoms with Crippen LogP contribution in [0.15, 0.2) is 61.1 Å². The van der Waals surface area contributed by atoms with Crippen LogP contribution < -0.4 is 0 Å². The van der Waals surface area contributed by atoms with Gasteiger partial charge in [0.1, 0.15) is 0 Å². The first-order valence-electron chi connectivity index (χ1n) is 8.59. The second kappa shape index (κ2) is 8.19. The summed E-state index contributed by atoms with van der Waals surface area (Å²) in [6.45, 7) is 2.05. The van der Waals surface area contributed by atoms with Crippen molar-refractivity contribution in [3.63, 3.8) is 0 Å². The van der Waals surface area contributed by atoms with E-state index in [4.69, 9.17) is 11.6 Å². The summed E-state index contributed by atoms with van der Waals surface area (Å²) in [5.41, 5.74) is 4.38. The Morgan fingerprint density at radius 3 is 2.38 bits per heavy atom. The number of nitrogens with zero attached hydrogens (tertiary/aromatic N) is 2. The zero-order valence-electron chi connectivity index (χ0n) is 14.9. The van der Waals surface area contributed by atoms with E-state index in [1.807, 2.05) is 44.4 Å². The molecule has 0 fully saturated rings. The largest absolute Gasteiger partial charge is 0.348 e. The van der Waals surface area contributed by atoms with Gasteiger partial charge in [0.15, 0.2) is 0 Å². The third-order valence-electron chi connectivity index (χ3n) is 4.65. The minimum Gasteiger partial charge on any atom is -0.348 e. The van der Waals surface area contributed by atoms with E-state index in [9.17, 15) is 4.79 Å². The second-order valence-corrected chi connectivity index (χ2v) is 6.92. The summed E-state index contributed by atoms with van der Waals surface area (Å²) >= 11 is 5.90. The molecule has 1 unspecified atom stereocenters. The number of benzene rings is 2. The molecule has 0 aliphatic rings. The predicted molar refractivity (Wildman–Crippen MR) is 104 cm³/mol. The molecule has 0 saturated heterocycles. The smallest absolute Gasteiger partial charge is 0.227 e. The number of hydrogen-bond acceptors (Lipinski definition) is 2. The molecule has 5 heteroatoms. The van der Waals surface area contributed by atoms with E-state index < -0.39 is 0 Å². The summed E-state index contributed by atoms with van der Waals surface area (Å²) in [6, 6.07) is 15.8. The molecule has 0 radical (unpaired) electrons. The van der Waals surface area contributed by atoms with Crippen LogP contribution in [0.4, 0.5) is 0 Å². The Bertz CT molecular complexity index is 842. The van der Waals surface area contributed by atoms with Crippen LogP contribution in [0.1, 0.15) is 35.3 Å². The molecule has 26 heavy (non-hydrogen) atoms. The lowest BCUT2D eigenvalue weighted by Crippen LogP contribution is -2.30. The molecule has 0 spiro atoms. The number of aromatic nitrogens is 2. The maximum absolute atomic E-state index is 12.6. The second-order valence-electron chi connectivity index (χ2n) is 6.48. The number of H-pyrrole nitrogens is 1. The predicted octanol–water partition coefficient (Wildman–Crippen LogP) is 4.42. The molecule has 0 aliphatic heterocycles. The molecular formula is C21H22ClN3O. The van der Waals surface area contributed by atoms with Gasteiger partial charge in [0, 0.05) is 30.4 Å². The van der Waals surface area contributed by atoms with E-state index in [1.54, 1.807) is 11.2 Å². The van der Waals surface area contributed by atoms with Crippen LogP contribution in [-0.2, 0) is 17.6 Å². The first-order chi connectivity index (χ1) is 12.5. The Balaban J connectivity index is 1.62. The maximum atomic E-state index is 12.6. The number of halogens is 1. The molecule has 134 valence electrons. The number of hydrogen-bond donors (Lipinski definition) is 1. The fourth-order valence-electron chi connectivity index (χ4n) is 2.86. The van der Waals surface area contributed by atoms with Gasteiger partial charge >= 0.3 is 0 Å². The van der Waals surface area contributed by atoms with Gasteiger partial charge in [-0.25, -0.2) is 4.98 Å². The van der Waals surface area contributed by atoms with Gasteiger partial charge in [0.05, 0.1) is 18.8 Å². The summed E-state index contributed by atoms with van der Waals surface area (Å²) < 4.78 is 0. The van der Waals surface area contributed by atoms with Crippen molar-refractivity contribution >= 4 is 17.5 Å². The van der Waals surface area contributed by atoms with Gasteiger partial charge in [-0.05, 0) is 35.7 Å². The van der Waals surface area contributed by atoms with Crippen LogP contribution in [-0.4, -0.2) is 27.8 Å². The molecule has 0 saturated carbocycles. The Kier molecular flexibility index (Phi) is 5.74. The number of likely N-dealkylation sites (N-methyl/N-ethyl adjacent to an activating group) is 1. The SMILES string of the molecule is CC(c1ccc(Cc2cnc[nH]2)cc1)N(C)C(=O)Cc1ccc(Cl)cc1. The minimum absolute atomic E-state index is 0.0102. The topological polar surface area (TPSA) is 49.0 Å². The highest BCUT2D eigenvalue weighted by Gasteiger charge is 2.17. The van der Waals surface area contributed by atoms with Crippen molar-refractivity contribution in [2.75, 3.05) is 7.05 Å². The summed E-state index contributed by atoms with van der Waals surface area (Å²) in [4.78, 5) is 21.5. The van der Waals surface area contributed by atoms with Crippen molar-refractivity contribution in [2.24, 2.45) is 0 Å². The zero-order valence-corrected chi connectivity index (χ0v) is 15.7. The highest BCUT2D eigenvalue weighted by molar-refractivity contribution is 6.30. The third-order valence-corrected chi connectivity index (χ3v) is 4.91. The Hall–Kier alpha value is -2.59. The summed E-state index contributed by atoms with van der Waals surface area (Å²) in [7, 11) is 1.85. The molecule has 1 atom stereocenters. The van der Waals surface area contributed by atoms with Crippen molar-refractivity contribution in [2.45, 2.75) is 25.8 Å². The fraction of sp³-hybridized carbons (Fsp3) is 0.238. The van der Waals surface area contributed by atoms with Gasteiger partial charge in [-0.3, -0.25) is 4.79 Å². The molecule has 2 aromatic carbocycles. The van der Waals surface area contributed by atoms with E-state index >= 15 is 0 Å². The number of imidazole rings is 1. The van der Waals surface area contributed by atoms with Crippen molar-refractivity contribution < 1.29 is 4.79 Å². The van der Waals surface area contributed by atoms with E-state index in [0.717, 1.165) is 23.2 Å². The number of aromatic amines is 1. The lowest BCUT2D eigenvalue weighted by Gasteiger charge is -2.25. The summed E-state index contributed by atoms with van der Waals surface area (Å²) in [6.07, 6.45) is 4.71. The molecule has 1 amide bonds. The highest BCUT2D eigenvalue weighted by atomic mass is 35.5. The molecule has 1 aromatic heterocycles. The molecular weight excluding hydrogens is 346 g/mol. The van der Waals surface area contributed by atoms with Gasteiger partial charge in [-0.15, -0.1) is 0 Å². The third kappa shape index (κ3) is 4.52. The van der Waals surface area contributed by atoms with Crippen LogP contribution in [0.25, 0.3) is 0 Å². The van der Waals surface area contributed by atoms with Crippen molar-refractivity contribution in [3.05, 3.63) is 88.5 Å². The van der Waals surface area contributed by atoms with Crippen molar-refractivity contribution in [3.8, 4) is 0 Å². The zero-order chi connectivity index (χ0) is 18.5. The Morgan fingerprint density at radius 1 is 1.12 bits per heavy atom. The number of rotatable bonds is 6. The average Bonchev–Trinajstić information content (AvgIpc) is 3.16.